The Morgan fingerprint density at radius 2 is 1.86 bits per heavy atom. The molecule has 0 bridgehead atoms. The topological polar surface area (TPSA) is 86.3 Å². The zero-order valence-electron chi connectivity index (χ0n) is 21.5. The zero-order chi connectivity index (χ0) is 26.1. The molecule has 2 aliphatic rings. The Bertz CT molecular complexity index is 1500. The highest BCUT2D eigenvalue weighted by atomic mass is 32.1. The number of esters is 1. The molecule has 1 atom stereocenters. The van der Waals surface area contributed by atoms with Crippen molar-refractivity contribution in [2.75, 3.05) is 25.1 Å². The fourth-order valence-electron chi connectivity index (χ4n) is 4.80. The van der Waals surface area contributed by atoms with Gasteiger partial charge in [0.15, 0.2) is 10.7 Å². The first kappa shape index (κ1) is 25.1. The van der Waals surface area contributed by atoms with Crippen LogP contribution in [0.15, 0.2) is 61.9 Å². The van der Waals surface area contributed by atoms with Gasteiger partial charge in [0, 0.05) is 25.2 Å². The number of piperidine rings is 1. The molecule has 194 valence electrons. The second-order valence-electron chi connectivity index (χ2n) is 9.53. The van der Waals surface area contributed by atoms with Crippen molar-refractivity contribution >= 4 is 29.3 Å². The van der Waals surface area contributed by atoms with E-state index >= 15 is 0 Å². The number of carbonyl (C=O) groups excluding carboxylic acids is 1. The van der Waals surface area contributed by atoms with Gasteiger partial charge in [0.05, 0.1) is 35.1 Å². The van der Waals surface area contributed by atoms with Crippen LogP contribution in [0.5, 0.6) is 5.75 Å². The summed E-state index contributed by atoms with van der Waals surface area (Å²) in [7, 11) is 1.60. The summed E-state index contributed by atoms with van der Waals surface area (Å²) >= 11 is 1.28. The molecule has 1 fully saturated rings. The number of anilines is 1. The van der Waals surface area contributed by atoms with E-state index in [0.717, 1.165) is 37.4 Å². The van der Waals surface area contributed by atoms with Crippen LogP contribution in [-0.4, -0.2) is 36.8 Å². The van der Waals surface area contributed by atoms with Crippen molar-refractivity contribution in [3.63, 3.8) is 0 Å². The monoisotopic (exact) mass is 521 g/mol. The zero-order valence-corrected chi connectivity index (χ0v) is 22.3. The second kappa shape index (κ2) is 10.4. The smallest absolute Gasteiger partial charge is 0.338 e. The average Bonchev–Trinajstić information content (AvgIpc) is 3.48. The maximum absolute atomic E-state index is 13.8. The third-order valence-electron chi connectivity index (χ3n) is 6.57. The minimum absolute atomic E-state index is 0.233. The Morgan fingerprint density at radius 3 is 2.54 bits per heavy atom. The number of benzene rings is 1. The Balaban J connectivity index is 1.60. The largest absolute Gasteiger partial charge is 0.497 e. The summed E-state index contributed by atoms with van der Waals surface area (Å²) in [5.41, 5.74) is 1.42. The van der Waals surface area contributed by atoms with E-state index < -0.39 is 12.0 Å². The SMILES string of the molecule is COc1ccc(C2C(C(=O)OC(C)C)=C(C)N=c3sc(=Cc4ccc(N5CCCCC5)o4)c(=O)n32)cc1. The van der Waals surface area contributed by atoms with Gasteiger partial charge in [-0.3, -0.25) is 9.36 Å². The molecule has 0 spiro atoms. The van der Waals surface area contributed by atoms with E-state index in [1.54, 1.807) is 38.5 Å². The molecule has 2 aromatic heterocycles. The fourth-order valence-corrected chi connectivity index (χ4v) is 5.82. The van der Waals surface area contributed by atoms with Gasteiger partial charge >= 0.3 is 5.97 Å². The Labute approximate surface area is 219 Å². The second-order valence-corrected chi connectivity index (χ2v) is 10.5. The van der Waals surface area contributed by atoms with Crippen LogP contribution in [0.1, 0.15) is 57.4 Å². The van der Waals surface area contributed by atoms with Gasteiger partial charge in [-0.1, -0.05) is 23.5 Å². The number of rotatable bonds is 6. The van der Waals surface area contributed by atoms with Crippen LogP contribution >= 0.6 is 11.3 Å². The third-order valence-corrected chi connectivity index (χ3v) is 7.55. The van der Waals surface area contributed by atoms with E-state index in [2.05, 4.69) is 9.89 Å². The van der Waals surface area contributed by atoms with E-state index in [1.165, 1.54) is 17.8 Å². The van der Waals surface area contributed by atoms with Gasteiger partial charge in [0.1, 0.15) is 11.5 Å². The summed E-state index contributed by atoms with van der Waals surface area (Å²) in [4.78, 5) is 34.4. The van der Waals surface area contributed by atoms with Crippen molar-refractivity contribution in [3.05, 3.63) is 78.7 Å². The van der Waals surface area contributed by atoms with Crippen LogP contribution in [0.2, 0.25) is 0 Å². The van der Waals surface area contributed by atoms with Crippen molar-refractivity contribution in [2.45, 2.75) is 52.2 Å². The molecule has 3 aromatic rings. The maximum Gasteiger partial charge on any atom is 0.338 e. The molecule has 1 unspecified atom stereocenters. The summed E-state index contributed by atoms with van der Waals surface area (Å²) in [6.45, 7) is 7.33. The number of methoxy groups -OCH3 is 1. The minimum Gasteiger partial charge on any atom is -0.497 e. The molecule has 8 nitrogen and oxygen atoms in total. The van der Waals surface area contributed by atoms with Gasteiger partial charge in [-0.2, -0.15) is 0 Å². The van der Waals surface area contributed by atoms with Crippen LogP contribution in [0.4, 0.5) is 5.88 Å². The lowest BCUT2D eigenvalue weighted by Gasteiger charge is -2.25. The molecule has 1 saturated heterocycles. The lowest BCUT2D eigenvalue weighted by atomic mass is 9.96. The standard InChI is InChI=1S/C28H31N3O5S/c1-17(2)35-27(33)24-18(3)29-28-31(25(24)19-8-10-20(34-4)11-9-19)26(32)22(37-28)16-21-12-13-23(36-21)30-14-6-5-7-15-30/h8-13,16-17,25H,5-7,14-15H2,1-4H3. The molecule has 0 N–H and O–H groups in total. The van der Waals surface area contributed by atoms with E-state index in [0.29, 0.717) is 32.1 Å². The summed E-state index contributed by atoms with van der Waals surface area (Å²) in [6, 6.07) is 10.5. The van der Waals surface area contributed by atoms with Gasteiger partial charge in [0.25, 0.3) is 5.56 Å². The molecule has 0 aliphatic carbocycles. The van der Waals surface area contributed by atoms with Crippen LogP contribution in [0, 0.1) is 0 Å². The molecule has 37 heavy (non-hydrogen) atoms. The average molecular weight is 522 g/mol. The quantitative estimate of drug-likeness (QED) is 0.459. The number of aromatic nitrogens is 1. The first-order valence-electron chi connectivity index (χ1n) is 12.6. The third kappa shape index (κ3) is 5.00. The van der Waals surface area contributed by atoms with Gasteiger partial charge in [-0.05, 0) is 63.8 Å². The van der Waals surface area contributed by atoms with Crippen LogP contribution in [0.3, 0.4) is 0 Å². The van der Waals surface area contributed by atoms with Crippen molar-refractivity contribution in [1.29, 1.82) is 0 Å². The molecule has 1 aromatic carbocycles. The van der Waals surface area contributed by atoms with Crippen molar-refractivity contribution in [2.24, 2.45) is 4.99 Å². The lowest BCUT2D eigenvalue weighted by molar-refractivity contribution is -0.143. The number of carbonyl (C=O) groups is 1. The number of ether oxygens (including phenoxy) is 2. The number of hydrogen-bond donors (Lipinski definition) is 0. The summed E-state index contributed by atoms with van der Waals surface area (Å²) < 4.78 is 19.0. The summed E-state index contributed by atoms with van der Waals surface area (Å²) in [6.07, 6.45) is 5.00. The van der Waals surface area contributed by atoms with Crippen molar-refractivity contribution in [1.82, 2.24) is 4.57 Å². The molecule has 0 amide bonds. The Kier molecular flexibility index (Phi) is 7.06. The number of hydrogen-bond acceptors (Lipinski definition) is 8. The summed E-state index contributed by atoms with van der Waals surface area (Å²) in [5, 5.41) is 0. The first-order valence-corrected chi connectivity index (χ1v) is 13.4. The molecular weight excluding hydrogens is 490 g/mol. The fraction of sp³-hybridized carbons (Fsp3) is 0.393. The first-order chi connectivity index (χ1) is 17.9. The molecule has 0 saturated carbocycles. The highest BCUT2D eigenvalue weighted by Crippen LogP contribution is 2.32. The highest BCUT2D eigenvalue weighted by Gasteiger charge is 2.33. The lowest BCUT2D eigenvalue weighted by Crippen LogP contribution is -2.40. The number of allylic oxidation sites excluding steroid dienone is 1. The maximum atomic E-state index is 13.8. The highest BCUT2D eigenvalue weighted by molar-refractivity contribution is 7.07. The molecule has 2 aliphatic heterocycles. The van der Waals surface area contributed by atoms with Crippen molar-refractivity contribution < 1.29 is 18.7 Å². The van der Waals surface area contributed by atoms with Crippen LogP contribution in [0.25, 0.3) is 6.08 Å². The predicted octanol–water partition coefficient (Wildman–Crippen LogP) is 3.78. The van der Waals surface area contributed by atoms with E-state index in [4.69, 9.17) is 13.9 Å². The minimum atomic E-state index is -0.670. The van der Waals surface area contributed by atoms with Crippen LogP contribution in [-0.2, 0) is 9.53 Å². The predicted molar refractivity (Wildman–Crippen MR) is 143 cm³/mol. The molecule has 9 heteroatoms. The van der Waals surface area contributed by atoms with E-state index in [1.807, 2.05) is 36.4 Å². The van der Waals surface area contributed by atoms with Gasteiger partial charge < -0.3 is 18.8 Å². The van der Waals surface area contributed by atoms with Crippen molar-refractivity contribution in [3.8, 4) is 5.75 Å². The van der Waals surface area contributed by atoms with Gasteiger partial charge in [-0.25, -0.2) is 9.79 Å². The summed E-state index contributed by atoms with van der Waals surface area (Å²) in [5.74, 6) is 1.64. The van der Waals surface area contributed by atoms with Gasteiger partial charge in [-0.15, -0.1) is 0 Å². The normalized spacial score (nSPS) is 18.1. The molecule has 0 radical (unpaired) electrons. The molecule has 5 rings (SSSR count). The Hall–Kier alpha value is -3.59. The molecular formula is C28H31N3O5S. The van der Waals surface area contributed by atoms with Gasteiger partial charge in [0.2, 0.25) is 0 Å². The number of nitrogens with zero attached hydrogens (tertiary/aromatic N) is 3. The Morgan fingerprint density at radius 1 is 1.14 bits per heavy atom. The molecule has 4 heterocycles. The number of fused-ring (bicyclic) bond motifs is 1. The number of furan rings is 1. The van der Waals surface area contributed by atoms with E-state index in [-0.39, 0.29) is 11.7 Å². The number of thiazole rings is 1. The van der Waals surface area contributed by atoms with Crippen LogP contribution < -0.4 is 24.5 Å². The van der Waals surface area contributed by atoms with E-state index in [9.17, 15) is 9.59 Å².